The van der Waals surface area contributed by atoms with E-state index in [1.165, 1.54) is 31.3 Å². The summed E-state index contributed by atoms with van der Waals surface area (Å²) in [5, 5.41) is 13.1. The van der Waals surface area contributed by atoms with Crippen LogP contribution >= 0.6 is 24.8 Å². The van der Waals surface area contributed by atoms with Crippen molar-refractivity contribution in [1.82, 2.24) is 10.2 Å². The van der Waals surface area contributed by atoms with Gasteiger partial charge in [-0.1, -0.05) is 0 Å². The number of piperazine rings is 1. The Morgan fingerprint density at radius 3 is 2.17 bits per heavy atom. The molecule has 1 aliphatic heterocycles. The predicted octanol–water partition coefficient (Wildman–Crippen LogP) is 2.76. The molecule has 1 fully saturated rings. The van der Waals surface area contributed by atoms with Gasteiger partial charge in [-0.3, -0.25) is 4.90 Å². The number of phenolic OH excluding ortho intramolecular Hbond substituents is 1. The first-order chi connectivity index (χ1) is 10.4. The van der Waals surface area contributed by atoms with E-state index in [0.29, 0.717) is 13.1 Å². The van der Waals surface area contributed by atoms with Gasteiger partial charge >= 0.3 is 6.18 Å². The Balaban J connectivity index is 0.00000264. The van der Waals surface area contributed by atoms with Gasteiger partial charge in [0, 0.05) is 38.3 Å². The van der Waals surface area contributed by atoms with E-state index in [4.69, 9.17) is 9.47 Å². The maximum Gasteiger partial charge on any atom is 0.408 e. The fourth-order valence-corrected chi connectivity index (χ4v) is 2.64. The zero-order valence-corrected chi connectivity index (χ0v) is 14.9. The maximum absolute atomic E-state index is 13.6. The molecule has 0 radical (unpaired) electrons. The zero-order valence-electron chi connectivity index (χ0n) is 13.2. The minimum Gasteiger partial charge on any atom is -0.507 e. The lowest BCUT2D eigenvalue weighted by Crippen LogP contribution is -2.49. The highest BCUT2D eigenvalue weighted by atomic mass is 35.5. The molecule has 1 aromatic carbocycles. The van der Waals surface area contributed by atoms with Crippen molar-refractivity contribution in [3.05, 3.63) is 17.7 Å². The number of halogens is 5. The molecule has 0 saturated carbocycles. The number of hydrogen-bond donors (Lipinski definition) is 2. The summed E-state index contributed by atoms with van der Waals surface area (Å²) >= 11 is 0. The lowest BCUT2D eigenvalue weighted by molar-refractivity contribution is -0.188. The lowest BCUT2D eigenvalue weighted by Gasteiger charge is -2.36. The zero-order chi connectivity index (χ0) is 16.3. The van der Waals surface area contributed by atoms with E-state index >= 15 is 0 Å². The molecule has 0 aromatic heterocycles. The standard InChI is InChI=1S/C14H19F3N2O3.2ClH/c1-21-9-7-10(20)12(11(8-9)22-2)13(14(15,16)17)19-5-3-18-4-6-19;;/h7-8,13,18,20H,3-6H2,1-2H3;2*1H/t13-;;/m0../s1. The molecule has 0 bridgehead atoms. The summed E-state index contributed by atoms with van der Waals surface area (Å²) < 4.78 is 50.8. The average molecular weight is 393 g/mol. The number of hydrogen-bond acceptors (Lipinski definition) is 5. The summed E-state index contributed by atoms with van der Waals surface area (Å²) in [7, 11) is 2.63. The molecule has 1 aromatic rings. The first-order valence-electron chi connectivity index (χ1n) is 6.85. The van der Waals surface area contributed by atoms with Gasteiger partial charge in [-0.05, 0) is 0 Å². The van der Waals surface area contributed by atoms with Gasteiger partial charge in [0.2, 0.25) is 0 Å². The number of methoxy groups -OCH3 is 2. The molecule has 24 heavy (non-hydrogen) atoms. The number of aromatic hydroxyl groups is 1. The van der Waals surface area contributed by atoms with Crippen molar-refractivity contribution in [3.63, 3.8) is 0 Å². The number of alkyl halides is 3. The molecule has 10 heteroatoms. The molecule has 2 rings (SSSR count). The number of phenols is 1. The molecule has 1 heterocycles. The Bertz CT molecular complexity index is 527. The largest absolute Gasteiger partial charge is 0.507 e. The Morgan fingerprint density at radius 1 is 1.12 bits per heavy atom. The van der Waals surface area contributed by atoms with E-state index in [9.17, 15) is 18.3 Å². The normalized spacial score (nSPS) is 16.5. The van der Waals surface area contributed by atoms with E-state index in [2.05, 4.69) is 5.32 Å². The SMILES string of the molecule is COc1cc(O)c([C@H](N2CCNCC2)C(F)(F)F)c(OC)c1.Cl.Cl. The van der Waals surface area contributed by atoms with Gasteiger partial charge in [0.1, 0.15) is 23.3 Å². The van der Waals surface area contributed by atoms with Crippen LogP contribution in [0.5, 0.6) is 17.2 Å². The minimum atomic E-state index is -4.53. The van der Waals surface area contributed by atoms with Gasteiger partial charge in [-0.25, -0.2) is 0 Å². The van der Waals surface area contributed by atoms with Crippen molar-refractivity contribution in [1.29, 1.82) is 0 Å². The molecule has 0 spiro atoms. The van der Waals surface area contributed by atoms with E-state index in [-0.39, 0.29) is 55.0 Å². The van der Waals surface area contributed by atoms with Crippen LogP contribution in [0.1, 0.15) is 11.6 Å². The summed E-state index contributed by atoms with van der Waals surface area (Å²) in [6.07, 6.45) is -4.53. The molecule has 1 atom stereocenters. The number of benzene rings is 1. The third-order valence-corrected chi connectivity index (χ3v) is 3.65. The Kier molecular flexibility index (Phi) is 8.98. The molecule has 0 amide bonds. The van der Waals surface area contributed by atoms with Crippen molar-refractivity contribution >= 4 is 24.8 Å². The monoisotopic (exact) mass is 392 g/mol. The molecule has 0 unspecified atom stereocenters. The quantitative estimate of drug-likeness (QED) is 0.824. The van der Waals surface area contributed by atoms with Crippen molar-refractivity contribution in [2.24, 2.45) is 0 Å². The van der Waals surface area contributed by atoms with Crippen molar-refractivity contribution in [2.75, 3.05) is 40.4 Å². The second-order valence-electron chi connectivity index (χ2n) is 4.99. The highest BCUT2D eigenvalue weighted by molar-refractivity contribution is 5.85. The van der Waals surface area contributed by atoms with Crippen LogP contribution in [0.3, 0.4) is 0 Å². The van der Waals surface area contributed by atoms with Gasteiger partial charge in [0.05, 0.1) is 19.8 Å². The van der Waals surface area contributed by atoms with Gasteiger partial charge in [-0.2, -0.15) is 13.2 Å². The smallest absolute Gasteiger partial charge is 0.408 e. The molecule has 140 valence electrons. The maximum atomic E-state index is 13.6. The molecule has 5 nitrogen and oxygen atoms in total. The van der Waals surface area contributed by atoms with Gasteiger partial charge in [0.15, 0.2) is 0 Å². The van der Waals surface area contributed by atoms with Crippen LogP contribution in [0, 0.1) is 0 Å². The number of ether oxygens (including phenoxy) is 2. The minimum absolute atomic E-state index is 0. The third kappa shape index (κ3) is 4.95. The molecular weight excluding hydrogens is 372 g/mol. The summed E-state index contributed by atoms with van der Waals surface area (Å²) in [5.74, 6) is -0.297. The van der Waals surface area contributed by atoms with E-state index in [1.54, 1.807) is 0 Å². The van der Waals surface area contributed by atoms with Gasteiger partial charge in [0.25, 0.3) is 0 Å². The second-order valence-corrected chi connectivity index (χ2v) is 4.99. The lowest BCUT2D eigenvalue weighted by atomic mass is 10.0. The van der Waals surface area contributed by atoms with Crippen LogP contribution in [0.15, 0.2) is 12.1 Å². The predicted molar refractivity (Wildman–Crippen MR) is 88.9 cm³/mol. The van der Waals surface area contributed by atoms with Gasteiger partial charge < -0.3 is 19.9 Å². The molecule has 1 saturated heterocycles. The third-order valence-electron chi connectivity index (χ3n) is 3.65. The van der Waals surface area contributed by atoms with E-state index in [0.717, 1.165) is 0 Å². The molecule has 1 aliphatic rings. The molecule has 2 N–H and O–H groups in total. The van der Waals surface area contributed by atoms with E-state index < -0.39 is 18.0 Å². The Labute approximate surface area is 150 Å². The van der Waals surface area contributed by atoms with Crippen molar-refractivity contribution < 1.29 is 27.8 Å². The number of rotatable bonds is 4. The summed E-state index contributed by atoms with van der Waals surface area (Å²) in [5.41, 5.74) is -0.280. The fourth-order valence-electron chi connectivity index (χ4n) is 2.64. The van der Waals surface area contributed by atoms with Crippen LogP contribution in [0.2, 0.25) is 0 Å². The van der Waals surface area contributed by atoms with Crippen LogP contribution in [0.25, 0.3) is 0 Å². The Morgan fingerprint density at radius 2 is 1.71 bits per heavy atom. The molecular formula is C14H21Cl2F3N2O3. The van der Waals surface area contributed by atoms with E-state index in [1.807, 2.05) is 0 Å². The average Bonchev–Trinajstić information content (AvgIpc) is 2.48. The van der Waals surface area contributed by atoms with Gasteiger partial charge in [-0.15, -0.1) is 24.8 Å². The van der Waals surface area contributed by atoms with Crippen molar-refractivity contribution in [3.8, 4) is 17.2 Å². The first-order valence-corrected chi connectivity index (χ1v) is 6.85. The summed E-state index contributed by atoms with van der Waals surface area (Å²) in [6, 6.07) is 0.588. The van der Waals surface area contributed by atoms with Crippen LogP contribution < -0.4 is 14.8 Å². The fraction of sp³-hybridized carbons (Fsp3) is 0.571. The molecule has 0 aliphatic carbocycles. The topological polar surface area (TPSA) is 54.0 Å². The number of nitrogens with one attached hydrogen (secondary N) is 1. The van der Waals surface area contributed by atoms with Crippen LogP contribution in [-0.2, 0) is 0 Å². The first kappa shape index (κ1) is 22.9. The summed E-state index contributed by atoms with van der Waals surface area (Å²) in [6.45, 7) is 1.40. The van der Waals surface area contributed by atoms with Crippen molar-refractivity contribution in [2.45, 2.75) is 12.2 Å². The second kappa shape index (κ2) is 9.41. The van der Waals surface area contributed by atoms with Crippen LogP contribution in [-0.4, -0.2) is 56.6 Å². The summed E-state index contributed by atoms with van der Waals surface area (Å²) in [4.78, 5) is 1.29. The Hall–Kier alpha value is -1.09. The highest BCUT2D eigenvalue weighted by Crippen LogP contribution is 2.47. The number of nitrogens with zero attached hydrogens (tertiary/aromatic N) is 1. The van der Waals surface area contributed by atoms with Crippen LogP contribution in [0.4, 0.5) is 13.2 Å². The highest BCUT2D eigenvalue weighted by Gasteiger charge is 2.47.